The summed E-state index contributed by atoms with van der Waals surface area (Å²) in [6.07, 6.45) is 1.48. The van der Waals surface area contributed by atoms with E-state index in [-0.39, 0.29) is 16.6 Å². The van der Waals surface area contributed by atoms with Crippen molar-refractivity contribution in [3.8, 4) is 5.75 Å². The number of carbonyl (C=O) groups excluding carboxylic acids is 1. The number of carbonyl (C=O) groups is 1. The molecule has 0 spiro atoms. The second-order valence-corrected chi connectivity index (χ2v) is 9.71. The van der Waals surface area contributed by atoms with Gasteiger partial charge in [0.25, 0.3) is 5.91 Å². The molecule has 0 bridgehead atoms. The minimum atomic E-state index is -3.71. The van der Waals surface area contributed by atoms with Gasteiger partial charge in [0, 0.05) is 5.69 Å². The van der Waals surface area contributed by atoms with E-state index in [4.69, 9.17) is 21.4 Å². The zero-order chi connectivity index (χ0) is 23.8. The van der Waals surface area contributed by atoms with Crippen LogP contribution in [0.15, 0.2) is 76.2 Å². The molecule has 0 aliphatic heterocycles. The van der Waals surface area contributed by atoms with E-state index in [1.165, 1.54) is 18.4 Å². The van der Waals surface area contributed by atoms with Crippen LogP contribution in [0.4, 0.5) is 5.69 Å². The van der Waals surface area contributed by atoms with E-state index in [0.717, 1.165) is 0 Å². The number of furan rings is 1. The Morgan fingerprint density at radius 1 is 1.06 bits per heavy atom. The van der Waals surface area contributed by atoms with Gasteiger partial charge in [-0.05, 0) is 66.7 Å². The highest BCUT2D eigenvalue weighted by Crippen LogP contribution is 2.19. The molecule has 0 aliphatic rings. The molecule has 1 heterocycles. The Morgan fingerprint density at radius 2 is 1.79 bits per heavy atom. The fourth-order valence-electron chi connectivity index (χ4n) is 2.75. The SMILES string of the molecule is CC(C)COc1ccccc1C(=O)NC(=S)Nc1ccc(S(=O)(=O)NCc2ccco2)cc1. The van der Waals surface area contributed by atoms with Gasteiger partial charge < -0.3 is 14.5 Å². The third-order valence-electron chi connectivity index (χ3n) is 4.37. The number of rotatable bonds is 9. The van der Waals surface area contributed by atoms with Gasteiger partial charge in [-0.2, -0.15) is 0 Å². The molecule has 0 atom stereocenters. The van der Waals surface area contributed by atoms with Crippen molar-refractivity contribution in [3.05, 3.63) is 78.3 Å². The fourth-order valence-corrected chi connectivity index (χ4v) is 3.95. The lowest BCUT2D eigenvalue weighted by Gasteiger charge is -2.14. The molecule has 0 fully saturated rings. The van der Waals surface area contributed by atoms with Crippen LogP contribution in [-0.2, 0) is 16.6 Å². The maximum absolute atomic E-state index is 12.7. The summed E-state index contributed by atoms with van der Waals surface area (Å²) in [4.78, 5) is 12.7. The zero-order valence-corrected chi connectivity index (χ0v) is 19.8. The van der Waals surface area contributed by atoms with Gasteiger partial charge in [-0.3, -0.25) is 10.1 Å². The lowest BCUT2D eigenvalue weighted by atomic mass is 10.2. The average molecular weight is 488 g/mol. The van der Waals surface area contributed by atoms with E-state index in [0.29, 0.717) is 35.3 Å². The third kappa shape index (κ3) is 7.14. The largest absolute Gasteiger partial charge is 0.492 e. The summed E-state index contributed by atoms with van der Waals surface area (Å²) in [6, 6.07) is 16.3. The van der Waals surface area contributed by atoms with Crippen molar-refractivity contribution in [1.82, 2.24) is 10.0 Å². The monoisotopic (exact) mass is 487 g/mol. The normalized spacial score (nSPS) is 11.2. The molecule has 0 radical (unpaired) electrons. The van der Waals surface area contributed by atoms with Crippen molar-refractivity contribution >= 4 is 38.9 Å². The third-order valence-corrected chi connectivity index (χ3v) is 5.99. The molecule has 3 rings (SSSR count). The van der Waals surface area contributed by atoms with Crippen LogP contribution < -0.4 is 20.1 Å². The van der Waals surface area contributed by atoms with Crippen molar-refractivity contribution in [2.75, 3.05) is 11.9 Å². The van der Waals surface area contributed by atoms with Gasteiger partial charge in [0.05, 0.1) is 29.9 Å². The first kappa shape index (κ1) is 24.4. The van der Waals surface area contributed by atoms with Crippen molar-refractivity contribution in [2.45, 2.75) is 25.3 Å². The van der Waals surface area contributed by atoms with Gasteiger partial charge in [0.15, 0.2) is 5.11 Å². The van der Waals surface area contributed by atoms with Gasteiger partial charge in [-0.15, -0.1) is 0 Å². The van der Waals surface area contributed by atoms with Crippen LogP contribution in [0, 0.1) is 5.92 Å². The number of anilines is 1. The highest BCUT2D eigenvalue weighted by Gasteiger charge is 2.16. The van der Waals surface area contributed by atoms with Crippen LogP contribution in [0.3, 0.4) is 0 Å². The molecule has 10 heteroatoms. The van der Waals surface area contributed by atoms with Crippen LogP contribution in [0.1, 0.15) is 30.0 Å². The van der Waals surface area contributed by atoms with Crippen LogP contribution in [0.5, 0.6) is 5.75 Å². The standard InChI is InChI=1S/C23H25N3O5S2/c1-16(2)15-31-21-8-4-3-7-20(21)22(27)26-23(32)25-17-9-11-19(12-10-17)33(28,29)24-14-18-6-5-13-30-18/h3-13,16,24H,14-15H2,1-2H3,(H2,25,26,27,32). The molecule has 0 unspecified atom stereocenters. The molecular formula is C23H25N3O5S2. The van der Waals surface area contributed by atoms with Crippen LogP contribution >= 0.6 is 12.2 Å². The number of benzene rings is 2. The molecule has 0 saturated heterocycles. The predicted molar refractivity (Wildman–Crippen MR) is 130 cm³/mol. The highest BCUT2D eigenvalue weighted by molar-refractivity contribution is 7.89. The maximum Gasteiger partial charge on any atom is 0.261 e. The van der Waals surface area contributed by atoms with Crippen molar-refractivity contribution in [1.29, 1.82) is 0 Å². The quantitative estimate of drug-likeness (QED) is 0.393. The van der Waals surface area contributed by atoms with Gasteiger partial charge >= 0.3 is 0 Å². The van der Waals surface area contributed by atoms with Crippen molar-refractivity contribution in [3.63, 3.8) is 0 Å². The van der Waals surface area contributed by atoms with E-state index in [2.05, 4.69) is 15.4 Å². The smallest absolute Gasteiger partial charge is 0.261 e. The molecule has 8 nitrogen and oxygen atoms in total. The summed E-state index contributed by atoms with van der Waals surface area (Å²) in [5.74, 6) is 0.890. The van der Waals surface area contributed by atoms with E-state index < -0.39 is 15.9 Å². The summed E-state index contributed by atoms with van der Waals surface area (Å²) >= 11 is 5.23. The molecule has 3 aromatic rings. The van der Waals surface area contributed by atoms with Crippen molar-refractivity contribution in [2.24, 2.45) is 5.92 Å². The lowest BCUT2D eigenvalue weighted by molar-refractivity contribution is 0.0973. The fraction of sp³-hybridized carbons (Fsp3) is 0.217. The van der Waals surface area contributed by atoms with Gasteiger partial charge in [0.2, 0.25) is 10.0 Å². The minimum Gasteiger partial charge on any atom is -0.492 e. The number of nitrogens with one attached hydrogen (secondary N) is 3. The Hall–Kier alpha value is -3.21. The Morgan fingerprint density at radius 3 is 2.45 bits per heavy atom. The van der Waals surface area contributed by atoms with Crippen LogP contribution in [0.25, 0.3) is 0 Å². The molecule has 33 heavy (non-hydrogen) atoms. The first-order valence-electron chi connectivity index (χ1n) is 10.2. The molecule has 1 amide bonds. The summed E-state index contributed by atoms with van der Waals surface area (Å²) in [6.45, 7) is 4.58. The number of amides is 1. The average Bonchev–Trinajstić information content (AvgIpc) is 3.30. The first-order valence-corrected chi connectivity index (χ1v) is 12.1. The summed E-state index contributed by atoms with van der Waals surface area (Å²) in [7, 11) is -3.71. The number of ether oxygens (including phenoxy) is 1. The highest BCUT2D eigenvalue weighted by atomic mass is 32.2. The Balaban J connectivity index is 1.58. The summed E-state index contributed by atoms with van der Waals surface area (Å²) < 4.78 is 38.2. The molecular weight excluding hydrogens is 462 g/mol. The molecule has 0 saturated carbocycles. The molecule has 3 N–H and O–H groups in total. The number of hydrogen-bond donors (Lipinski definition) is 3. The minimum absolute atomic E-state index is 0.0494. The molecule has 174 valence electrons. The summed E-state index contributed by atoms with van der Waals surface area (Å²) in [5.41, 5.74) is 0.890. The molecule has 2 aromatic carbocycles. The second kappa shape index (κ2) is 11.1. The number of para-hydroxylation sites is 1. The van der Waals surface area contributed by atoms with Gasteiger partial charge in [-0.1, -0.05) is 26.0 Å². The molecule has 0 aliphatic carbocycles. The Kier molecular flexibility index (Phi) is 8.21. The molecule has 1 aromatic heterocycles. The number of sulfonamides is 1. The lowest BCUT2D eigenvalue weighted by Crippen LogP contribution is -2.34. The van der Waals surface area contributed by atoms with Gasteiger partial charge in [0.1, 0.15) is 11.5 Å². The topological polar surface area (TPSA) is 110 Å². The number of thiocarbonyl (C=S) groups is 1. The van der Waals surface area contributed by atoms with Crippen molar-refractivity contribution < 1.29 is 22.4 Å². The Labute approximate surface area is 198 Å². The van der Waals surface area contributed by atoms with E-state index in [1.807, 2.05) is 13.8 Å². The summed E-state index contributed by atoms with van der Waals surface area (Å²) in [5, 5.41) is 5.56. The van der Waals surface area contributed by atoms with Gasteiger partial charge in [-0.25, -0.2) is 13.1 Å². The van der Waals surface area contributed by atoms with Crippen LogP contribution in [-0.4, -0.2) is 26.0 Å². The number of hydrogen-bond acceptors (Lipinski definition) is 6. The first-order chi connectivity index (χ1) is 15.7. The van der Waals surface area contributed by atoms with E-state index in [1.54, 1.807) is 48.5 Å². The second-order valence-electron chi connectivity index (χ2n) is 7.54. The Bertz CT molecular complexity index is 1190. The predicted octanol–water partition coefficient (Wildman–Crippen LogP) is 3.92. The van der Waals surface area contributed by atoms with E-state index >= 15 is 0 Å². The zero-order valence-electron chi connectivity index (χ0n) is 18.2. The maximum atomic E-state index is 12.7. The van der Waals surface area contributed by atoms with Crippen LogP contribution in [0.2, 0.25) is 0 Å². The van der Waals surface area contributed by atoms with E-state index in [9.17, 15) is 13.2 Å².